The van der Waals surface area contributed by atoms with Gasteiger partial charge in [-0.1, -0.05) is 89.7 Å². The molecule has 0 aliphatic carbocycles. The number of aromatic nitrogens is 1. The third-order valence-electron chi connectivity index (χ3n) is 6.22. The molecular formula is C29H19ClN2O3S. The molecule has 0 fully saturated rings. The molecule has 0 unspecified atom stereocenters. The van der Waals surface area contributed by atoms with Crippen molar-refractivity contribution >= 4 is 65.9 Å². The maximum atomic E-state index is 14.0. The number of nitrogens with zero attached hydrogens (tertiary/aromatic N) is 2. The number of fused-ring (bicyclic) bond motifs is 4. The SMILES string of the molecule is Cc1ccc(Cl)c2sc(N(Cc3ccccc3)C(=O)c3cc4c(ccc5ccccc54)oc3=O)nc12. The summed E-state index contributed by atoms with van der Waals surface area (Å²) in [4.78, 5) is 33.3. The summed E-state index contributed by atoms with van der Waals surface area (Å²) in [6.07, 6.45) is 0. The van der Waals surface area contributed by atoms with Crippen LogP contribution in [0.2, 0.25) is 5.02 Å². The Hall–Kier alpha value is -4.00. The van der Waals surface area contributed by atoms with E-state index in [4.69, 9.17) is 21.0 Å². The lowest BCUT2D eigenvalue weighted by Crippen LogP contribution is -2.33. The summed E-state index contributed by atoms with van der Waals surface area (Å²) in [7, 11) is 0. The first-order chi connectivity index (χ1) is 17.5. The van der Waals surface area contributed by atoms with E-state index < -0.39 is 11.5 Å². The number of anilines is 1. The first kappa shape index (κ1) is 22.5. The number of carbonyl (C=O) groups is 1. The van der Waals surface area contributed by atoms with E-state index in [2.05, 4.69) is 0 Å². The zero-order valence-electron chi connectivity index (χ0n) is 19.2. The number of amides is 1. The summed E-state index contributed by atoms with van der Waals surface area (Å²) >= 11 is 7.78. The van der Waals surface area contributed by atoms with Crippen LogP contribution >= 0.6 is 22.9 Å². The van der Waals surface area contributed by atoms with Crippen molar-refractivity contribution in [1.82, 2.24) is 4.98 Å². The number of hydrogen-bond donors (Lipinski definition) is 0. The lowest BCUT2D eigenvalue weighted by atomic mass is 10.0. The second-order valence-corrected chi connectivity index (χ2v) is 9.95. The molecule has 5 nitrogen and oxygen atoms in total. The molecule has 0 saturated carbocycles. The summed E-state index contributed by atoms with van der Waals surface area (Å²) in [5.41, 5.74) is 2.31. The Labute approximate surface area is 215 Å². The number of aryl methyl sites for hydroxylation is 1. The molecule has 36 heavy (non-hydrogen) atoms. The van der Waals surface area contributed by atoms with Crippen molar-refractivity contribution in [3.63, 3.8) is 0 Å². The minimum Gasteiger partial charge on any atom is -0.422 e. The molecule has 0 atom stereocenters. The van der Waals surface area contributed by atoms with Gasteiger partial charge in [0.25, 0.3) is 5.91 Å². The van der Waals surface area contributed by atoms with Gasteiger partial charge in [-0.2, -0.15) is 0 Å². The molecule has 2 aromatic heterocycles. The van der Waals surface area contributed by atoms with E-state index in [1.165, 1.54) is 16.2 Å². The van der Waals surface area contributed by atoms with E-state index in [-0.39, 0.29) is 12.1 Å². The summed E-state index contributed by atoms with van der Waals surface area (Å²) in [5.74, 6) is -0.477. The highest BCUT2D eigenvalue weighted by atomic mass is 35.5. The fourth-order valence-electron chi connectivity index (χ4n) is 4.36. The molecule has 0 radical (unpaired) electrons. The molecule has 1 amide bonds. The second-order valence-electron chi connectivity index (χ2n) is 8.56. The molecule has 0 aliphatic heterocycles. The minimum absolute atomic E-state index is 0.0446. The predicted molar refractivity (Wildman–Crippen MR) is 146 cm³/mol. The standard InChI is InChI=1S/C29H19ClN2O3S/c1-17-11-13-23(30)26-25(17)31-29(36-26)32(16-18-7-3-2-4-8-18)27(33)22-15-21-20-10-6-5-9-19(20)12-14-24(21)35-28(22)34/h2-15H,16H2,1H3. The molecule has 0 bridgehead atoms. The quantitative estimate of drug-likeness (QED) is 0.183. The highest BCUT2D eigenvalue weighted by Crippen LogP contribution is 2.37. The Morgan fingerprint density at radius 3 is 2.56 bits per heavy atom. The zero-order valence-corrected chi connectivity index (χ0v) is 20.8. The van der Waals surface area contributed by atoms with Crippen molar-refractivity contribution in [2.75, 3.05) is 4.90 Å². The minimum atomic E-state index is -0.684. The summed E-state index contributed by atoms with van der Waals surface area (Å²) in [6.45, 7) is 2.19. The molecule has 0 saturated heterocycles. The van der Waals surface area contributed by atoms with Crippen LogP contribution in [-0.2, 0) is 6.54 Å². The van der Waals surface area contributed by atoms with Crippen LogP contribution in [0.1, 0.15) is 21.5 Å². The third kappa shape index (κ3) is 3.85. The number of halogens is 1. The molecule has 0 aliphatic rings. The maximum absolute atomic E-state index is 14.0. The fourth-order valence-corrected chi connectivity index (χ4v) is 5.68. The van der Waals surface area contributed by atoms with Gasteiger partial charge in [0.05, 0.1) is 21.8 Å². The third-order valence-corrected chi connectivity index (χ3v) is 7.76. The Kier molecular flexibility index (Phi) is 5.55. The van der Waals surface area contributed by atoms with Crippen LogP contribution in [-0.4, -0.2) is 10.9 Å². The fraction of sp³-hybridized carbons (Fsp3) is 0.0690. The van der Waals surface area contributed by atoms with Gasteiger partial charge in [-0.05, 0) is 47.0 Å². The Morgan fingerprint density at radius 2 is 1.75 bits per heavy atom. The molecule has 0 N–H and O–H groups in total. The van der Waals surface area contributed by atoms with Crippen molar-refractivity contribution in [1.29, 1.82) is 0 Å². The van der Waals surface area contributed by atoms with Crippen molar-refractivity contribution in [3.05, 3.63) is 117 Å². The highest BCUT2D eigenvalue weighted by Gasteiger charge is 2.26. The van der Waals surface area contributed by atoms with E-state index >= 15 is 0 Å². The molecule has 6 rings (SSSR count). The Morgan fingerprint density at radius 1 is 0.972 bits per heavy atom. The van der Waals surface area contributed by atoms with E-state index in [1.807, 2.05) is 79.7 Å². The average molecular weight is 511 g/mol. The predicted octanol–water partition coefficient (Wildman–Crippen LogP) is 7.36. The van der Waals surface area contributed by atoms with Gasteiger partial charge in [0.2, 0.25) is 0 Å². The number of rotatable bonds is 4. The van der Waals surface area contributed by atoms with Gasteiger partial charge < -0.3 is 4.42 Å². The van der Waals surface area contributed by atoms with Crippen molar-refractivity contribution < 1.29 is 9.21 Å². The van der Waals surface area contributed by atoms with Gasteiger partial charge in [0, 0.05) is 5.39 Å². The summed E-state index contributed by atoms with van der Waals surface area (Å²) in [6, 6.07) is 26.4. The van der Waals surface area contributed by atoms with E-state index in [0.29, 0.717) is 21.1 Å². The van der Waals surface area contributed by atoms with Crippen LogP contribution in [0.5, 0.6) is 0 Å². The van der Waals surface area contributed by atoms with Crippen LogP contribution in [0.4, 0.5) is 5.13 Å². The van der Waals surface area contributed by atoms with Gasteiger partial charge in [0.15, 0.2) is 5.13 Å². The lowest BCUT2D eigenvalue weighted by Gasteiger charge is -2.20. The number of thiazole rings is 1. The number of carbonyl (C=O) groups excluding carboxylic acids is 1. The maximum Gasteiger partial charge on any atom is 0.349 e. The number of hydrogen-bond acceptors (Lipinski definition) is 5. The molecule has 2 heterocycles. The first-order valence-corrected chi connectivity index (χ1v) is 12.6. The second kappa shape index (κ2) is 8.90. The zero-order chi connectivity index (χ0) is 24.8. The van der Waals surface area contributed by atoms with E-state index in [0.717, 1.165) is 32.1 Å². The van der Waals surface area contributed by atoms with Gasteiger partial charge in [-0.25, -0.2) is 9.78 Å². The summed E-state index contributed by atoms with van der Waals surface area (Å²) in [5, 5.41) is 3.65. The van der Waals surface area contributed by atoms with Gasteiger partial charge >= 0.3 is 5.63 Å². The van der Waals surface area contributed by atoms with Crippen LogP contribution in [0.3, 0.4) is 0 Å². The highest BCUT2D eigenvalue weighted by molar-refractivity contribution is 7.23. The Balaban J connectivity index is 1.54. The van der Waals surface area contributed by atoms with Crippen LogP contribution in [0.25, 0.3) is 32.0 Å². The first-order valence-electron chi connectivity index (χ1n) is 11.4. The largest absolute Gasteiger partial charge is 0.422 e. The number of benzene rings is 4. The molecule has 176 valence electrons. The molecule has 0 spiro atoms. The van der Waals surface area contributed by atoms with Gasteiger partial charge in [-0.3, -0.25) is 9.69 Å². The molecular weight excluding hydrogens is 492 g/mol. The van der Waals surface area contributed by atoms with Gasteiger partial charge in [-0.15, -0.1) is 0 Å². The smallest absolute Gasteiger partial charge is 0.349 e. The van der Waals surface area contributed by atoms with Crippen LogP contribution in [0.15, 0.2) is 94.1 Å². The lowest BCUT2D eigenvalue weighted by molar-refractivity contribution is 0.0981. The van der Waals surface area contributed by atoms with Crippen molar-refractivity contribution in [2.24, 2.45) is 0 Å². The van der Waals surface area contributed by atoms with E-state index in [1.54, 1.807) is 12.1 Å². The monoisotopic (exact) mass is 510 g/mol. The molecule has 6 aromatic rings. The molecule has 4 aromatic carbocycles. The Bertz CT molecular complexity index is 1800. The normalized spacial score (nSPS) is 11.4. The molecule has 7 heteroatoms. The topological polar surface area (TPSA) is 63.4 Å². The van der Waals surface area contributed by atoms with Crippen molar-refractivity contribution in [3.8, 4) is 0 Å². The van der Waals surface area contributed by atoms with Gasteiger partial charge in [0.1, 0.15) is 11.1 Å². The average Bonchev–Trinajstić information content (AvgIpc) is 3.36. The van der Waals surface area contributed by atoms with Crippen LogP contribution in [0, 0.1) is 6.92 Å². The van der Waals surface area contributed by atoms with Crippen LogP contribution < -0.4 is 10.5 Å². The van der Waals surface area contributed by atoms with Crippen molar-refractivity contribution in [2.45, 2.75) is 13.5 Å². The van der Waals surface area contributed by atoms with E-state index in [9.17, 15) is 9.59 Å². The summed E-state index contributed by atoms with van der Waals surface area (Å²) < 4.78 is 6.41.